The molecular formula is C13H20Cl2F2N4O. The lowest BCUT2D eigenvalue weighted by Crippen LogP contribution is -2.47. The van der Waals surface area contributed by atoms with Gasteiger partial charge in [-0.15, -0.1) is 24.8 Å². The SMILES string of the molecule is Cl.Cl.O=C(C1CC(F)(F)CN1)N1CCC(n2ccnc2)CC1. The number of imidazole rings is 1. The normalized spacial score (nSPS) is 24.5. The summed E-state index contributed by atoms with van der Waals surface area (Å²) in [7, 11) is 0. The van der Waals surface area contributed by atoms with Gasteiger partial charge in [0.15, 0.2) is 0 Å². The Bertz CT molecular complexity index is 478. The molecule has 0 aliphatic carbocycles. The molecule has 0 aromatic carbocycles. The van der Waals surface area contributed by atoms with Crippen molar-refractivity contribution in [1.29, 1.82) is 0 Å². The Labute approximate surface area is 140 Å². The van der Waals surface area contributed by atoms with Crippen molar-refractivity contribution in [3.8, 4) is 0 Å². The Hall–Kier alpha value is -0.920. The van der Waals surface area contributed by atoms with Crippen molar-refractivity contribution in [3.05, 3.63) is 18.7 Å². The first-order valence-corrected chi connectivity index (χ1v) is 6.93. The number of rotatable bonds is 2. The fourth-order valence-corrected chi connectivity index (χ4v) is 2.98. The molecule has 1 atom stereocenters. The van der Waals surface area contributed by atoms with Crippen LogP contribution in [-0.4, -0.2) is 52.0 Å². The molecule has 1 N–H and O–H groups in total. The first-order chi connectivity index (χ1) is 9.55. The second-order valence-electron chi connectivity index (χ2n) is 5.56. The maximum Gasteiger partial charge on any atom is 0.262 e. The number of hydrogen-bond acceptors (Lipinski definition) is 3. The van der Waals surface area contributed by atoms with Gasteiger partial charge in [-0.25, -0.2) is 13.8 Å². The summed E-state index contributed by atoms with van der Waals surface area (Å²) in [6.45, 7) is 0.839. The minimum atomic E-state index is -2.75. The zero-order valence-corrected chi connectivity index (χ0v) is 13.6. The lowest BCUT2D eigenvalue weighted by Gasteiger charge is -2.34. The lowest BCUT2D eigenvalue weighted by atomic mass is 10.0. The number of aromatic nitrogens is 2. The second kappa shape index (κ2) is 7.57. The Morgan fingerprint density at radius 2 is 1.95 bits per heavy atom. The molecular weight excluding hydrogens is 337 g/mol. The monoisotopic (exact) mass is 356 g/mol. The van der Waals surface area contributed by atoms with Crippen molar-refractivity contribution in [2.24, 2.45) is 0 Å². The first kappa shape index (κ1) is 19.1. The van der Waals surface area contributed by atoms with E-state index >= 15 is 0 Å². The van der Waals surface area contributed by atoms with Gasteiger partial charge in [-0.3, -0.25) is 10.1 Å². The van der Waals surface area contributed by atoms with E-state index in [0.29, 0.717) is 19.1 Å². The van der Waals surface area contributed by atoms with E-state index in [1.165, 1.54) is 0 Å². The Morgan fingerprint density at radius 3 is 2.45 bits per heavy atom. The van der Waals surface area contributed by atoms with Gasteiger partial charge in [-0.1, -0.05) is 0 Å². The van der Waals surface area contributed by atoms with Crippen LogP contribution in [0.2, 0.25) is 0 Å². The number of nitrogens with one attached hydrogen (secondary N) is 1. The molecule has 3 rings (SSSR count). The smallest absolute Gasteiger partial charge is 0.262 e. The summed E-state index contributed by atoms with van der Waals surface area (Å²) < 4.78 is 28.3. The second-order valence-corrected chi connectivity index (χ2v) is 5.56. The molecule has 126 valence electrons. The molecule has 2 saturated heterocycles. The quantitative estimate of drug-likeness (QED) is 0.880. The minimum Gasteiger partial charge on any atom is -0.341 e. The lowest BCUT2D eigenvalue weighted by molar-refractivity contribution is -0.135. The standard InChI is InChI=1S/C13H18F2N4O.2ClH/c14-13(15)7-11(17-8-13)12(20)18-4-1-10(2-5-18)19-6-3-16-9-19;;/h3,6,9-11,17H,1-2,4-5,7-8H2;2*1H. The van der Waals surface area contributed by atoms with Crippen molar-refractivity contribution in [3.63, 3.8) is 0 Å². The molecule has 5 nitrogen and oxygen atoms in total. The summed E-state index contributed by atoms with van der Waals surface area (Å²) in [6, 6.07) is -0.380. The summed E-state index contributed by atoms with van der Waals surface area (Å²) in [4.78, 5) is 17.9. The highest BCUT2D eigenvalue weighted by molar-refractivity contribution is 5.85. The van der Waals surface area contributed by atoms with Gasteiger partial charge in [0.1, 0.15) is 0 Å². The molecule has 22 heavy (non-hydrogen) atoms. The van der Waals surface area contributed by atoms with Gasteiger partial charge < -0.3 is 9.47 Å². The number of carbonyl (C=O) groups excluding carboxylic acids is 1. The van der Waals surface area contributed by atoms with Crippen molar-refractivity contribution >= 4 is 30.7 Å². The van der Waals surface area contributed by atoms with E-state index in [2.05, 4.69) is 10.3 Å². The van der Waals surface area contributed by atoms with Crippen molar-refractivity contribution in [2.45, 2.75) is 37.3 Å². The molecule has 1 aromatic heterocycles. The Kier molecular flexibility index (Phi) is 6.58. The van der Waals surface area contributed by atoms with E-state index in [1.807, 2.05) is 10.8 Å². The van der Waals surface area contributed by atoms with Crippen LogP contribution in [0.15, 0.2) is 18.7 Å². The molecule has 2 aliphatic rings. The molecule has 1 aromatic rings. The molecule has 1 amide bonds. The van der Waals surface area contributed by atoms with E-state index in [-0.39, 0.29) is 37.1 Å². The molecule has 1 unspecified atom stereocenters. The fourth-order valence-electron chi connectivity index (χ4n) is 2.98. The van der Waals surface area contributed by atoms with Crippen LogP contribution in [0.1, 0.15) is 25.3 Å². The fraction of sp³-hybridized carbons (Fsp3) is 0.692. The Balaban J connectivity index is 0.00000121. The maximum absolute atomic E-state index is 13.1. The van der Waals surface area contributed by atoms with E-state index < -0.39 is 18.5 Å². The molecule has 3 heterocycles. The number of piperidine rings is 1. The number of likely N-dealkylation sites (tertiary alicyclic amines) is 1. The topological polar surface area (TPSA) is 50.2 Å². The molecule has 2 fully saturated rings. The molecule has 0 spiro atoms. The van der Waals surface area contributed by atoms with Crippen LogP contribution in [0, 0.1) is 0 Å². The van der Waals surface area contributed by atoms with Gasteiger partial charge in [0.2, 0.25) is 5.91 Å². The highest BCUT2D eigenvalue weighted by Crippen LogP contribution is 2.28. The molecule has 0 saturated carbocycles. The number of amides is 1. The van der Waals surface area contributed by atoms with Gasteiger partial charge in [0.25, 0.3) is 5.92 Å². The van der Waals surface area contributed by atoms with E-state index in [0.717, 1.165) is 12.8 Å². The van der Waals surface area contributed by atoms with Crippen LogP contribution < -0.4 is 5.32 Å². The third-order valence-corrected chi connectivity index (χ3v) is 4.13. The summed E-state index contributed by atoms with van der Waals surface area (Å²) in [5.74, 6) is -2.94. The Morgan fingerprint density at radius 1 is 1.27 bits per heavy atom. The predicted octanol–water partition coefficient (Wildman–Crippen LogP) is 1.89. The van der Waals surface area contributed by atoms with Crippen molar-refractivity contribution in [1.82, 2.24) is 19.8 Å². The molecule has 9 heteroatoms. The highest BCUT2D eigenvalue weighted by atomic mass is 35.5. The van der Waals surface area contributed by atoms with Crippen molar-refractivity contribution in [2.75, 3.05) is 19.6 Å². The maximum atomic E-state index is 13.1. The number of nitrogens with zero attached hydrogens (tertiary/aromatic N) is 3. The third kappa shape index (κ3) is 4.08. The predicted molar refractivity (Wildman–Crippen MR) is 82.9 cm³/mol. The summed E-state index contributed by atoms with van der Waals surface area (Å²) >= 11 is 0. The van der Waals surface area contributed by atoms with Crippen LogP contribution in [0.4, 0.5) is 8.78 Å². The van der Waals surface area contributed by atoms with Crippen LogP contribution in [0.5, 0.6) is 0 Å². The zero-order valence-electron chi connectivity index (χ0n) is 12.0. The van der Waals surface area contributed by atoms with Crippen molar-refractivity contribution < 1.29 is 13.6 Å². The summed E-state index contributed by atoms with van der Waals surface area (Å²) in [5.41, 5.74) is 0. The van der Waals surface area contributed by atoms with Gasteiger partial charge in [-0.05, 0) is 12.8 Å². The van der Waals surface area contributed by atoms with E-state index in [1.54, 1.807) is 17.4 Å². The van der Waals surface area contributed by atoms with Crippen LogP contribution >= 0.6 is 24.8 Å². The van der Waals surface area contributed by atoms with E-state index in [4.69, 9.17) is 0 Å². The van der Waals surface area contributed by atoms with Gasteiger partial charge in [-0.2, -0.15) is 0 Å². The first-order valence-electron chi connectivity index (χ1n) is 6.93. The molecule has 0 radical (unpaired) electrons. The number of carbonyl (C=O) groups is 1. The average Bonchev–Trinajstić information content (AvgIpc) is 3.07. The minimum absolute atomic E-state index is 0. The van der Waals surface area contributed by atoms with Crippen LogP contribution in [-0.2, 0) is 4.79 Å². The van der Waals surface area contributed by atoms with Gasteiger partial charge in [0.05, 0.1) is 18.9 Å². The van der Waals surface area contributed by atoms with Gasteiger partial charge >= 0.3 is 0 Å². The number of alkyl halides is 2. The highest BCUT2D eigenvalue weighted by Gasteiger charge is 2.43. The third-order valence-electron chi connectivity index (χ3n) is 4.13. The van der Waals surface area contributed by atoms with Crippen LogP contribution in [0.25, 0.3) is 0 Å². The number of halogens is 4. The average molecular weight is 357 g/mol. The largest absolute Gasteiger partial charge is 0.341 e. The molecule has 0 bridgehead atoms. The summed E-state index contributed by atoms with van der Waals surface area (Å²) in [6.07, 6.45) is 6.73. The van der Waals surface area contributed by atoms with Gasteiger partial charge in [0, 0.05) is 37.9 Å². The summed E-state index contributed by atoms with van der Waals surface area (Å²) in [5, 5.41) is 2.63. The number of hydrogen-bond donors (Lipinski definition) is 1. The zero-order chi connectivity index (χ0) is 14.2. The van der Waals surface area contributed by atoms with Crippen LogP contribution in [0.3, 0.4) is 0 Å². The van der Waals surface area contributed by atoms with E-state index in [9.17, 15) is 13.6 Å². The molecule has 2 aliphatic heterocycles.